The van der Waals surface area contributed by atoms with E-state index in [1.54, 1.807) is 6.20 Å². The second-order valence-corrected chi connectivity index (χ2v) is 4.43. The number of thiol groups is 1. The largest absolute Gasteiger partial charge is 0.355 e. The highest BCUT2D eigenvalue weighted by Crippen LogP contribution is 2.14. The van der Waals surface area contributed by atoms with Crippen molar-refractivity contribution < 1.29 is 4.79 Å². The Kier molecular flexibility index (Phi) is 5.17. The number of hydrogen-bond acceptors (Lipinski definition) is 3. The normalized spacial score (nSPS) is 10.3. The van der Waals surface area contributed by atoms with E-state index in [1.807, 2.05) is 11.6 Å². The number of halogens is 1. The number of carbonyl (C=O) groups is 1. The second-order valence-electron chi connectivity index (χ2n) is 3.12. The van der Waals surface area contributed by atoms with E-state index in [0.29, 0.717) is 25.3 Å². The van der Waals surface area contributed by atoms with Crippen LogP contribution in [0.15, 0.2) is 10.7 Å². The van der Waals surface area contributed by atoms with Crippen LogP contribution in [-0.2, 0) is 11.3 Å². The molecule has 0 fully saturated rings. The van der Waals surface area contributed by atoms with Crippen LogP contribution < -0.4 is 5.32 Å². The number of aromatic nitrogens is 2. The molecule has 84 valence electrons. The van der Waals surface area contributed by atoms with Gasteiger partial charge >= 0.3 is 0 Å². The van der Waals surface area contributed by atoms with Crippen molar-refractivity contribution in [2.24, 2.45) is 0 Å². The summed E-state index contributed by atoms with van der Waals surface area (Å²) in [4.78, 5) is 11.3. The Morgan fingerprint density at radius 2 is 2.47 bits per heavy atom. The van der Waals surface area contributed by atoms with Crippen LogP contribution in [0, 0.1) is 6.92 Å². The van der Waals surface area contributed by atoms with E-state index < -0.39 is 0 Å². The molecule has 0 saturated carbocycles. The minimum atomic E-state index is 0.0371. The Bertz CT molecular complexity index is 340. The smallest absolute Gasteiger partial charge is 0.221 e. The molecule has 1 aromatic rings. The Balaban J connectivity index is 2.37. The molecule has 0 spiro atoms. The highest BCUT2D eigenvalue weighted by Gasteiger charge is 2.05. The number of carbonyl (C=O) groups excluding carboxylic acids is 1. The lowest BCUT2D eigenvalue weighted by Crippen LogP contribution is -2.26. The lowest BCUT2D eigenvalue weighted by Gasteiger charge is -2.05. The molecular formula is C9H14BrN3OS. The molecule has 1 heterocycles. The Hall–Kier alpha value is -0.490. The van der Waals surface area contributed by atoms with Gasteiger partial charge in [0.15, 0.2) is 0 Å². The zero-order valence-electron chi connectivity index (χ0n) is 8.53. The van der Waals surface area contributed by atoms with Crippen LogP contribution in [-0.4, -0.2) is 28.0 Å². The first kappa shape index (κ1) is 12.6. The summed E-state index contributed by atoms with van der Waals surface area (Å²) in [5.41, 5.74) is 1.04. The van der Waals surface area contributed by atoms with Crippen molar-refractivity contribution in [2.45, 2.75) is 19.9 Å². The molecule has 0 radical (unpaired) electrons. The number of hydrogen-bond donors (Lipinski definition) is 2. The number of rotatable bonds is 5. The molecule has 0 aromatic carbocycles. The summed E-state index contributed by atoms with van der Waals surface area (Å²) in [6, 6.07) is 0. The van der Waals surface area contributed by atoms with Crippen molar-refractivity contribution in [1.29, 1.82) is 0 Å². The van der Waals surface area contributed by atoms with Crippen LogP contribution in [0.5, 0.6) is 0 Å². The van der Waals surface area contributed by atoms with Crippen molar-refractivity contribution >= 4 is 34.5 Å². The average Bonchev–Trinajstić information content (AvgIpc) is 2.54. The van der Waals surface area contributed by atoms with Crippen molar-refractivity contribution in [3.8, 4) is 0 Å². The topological polar surface area (TPSA) is 46.9 Å². The number of aryl methyl sites for hydroxylation is 1. The third-order valence-electron chi connectivity index (χ3n) is 2.03. The third-order valence-corrected chi connectivity index (χ3v) is 3.03. The lowest BCUT2D eigenvalue weighted by atomic mass is 10.4. The highest BCUT2D eigenvalue weighted by atomic mass is 79.9. The van der Waals surface area contributed by atoms with Gasteiger partial charge in [-0.3, -0.25) is 9.48 Å². The fourth-order valence-electron chi connectivity index (χ4n) is 1.14. The maximum absolute atomic E-state index is 11.3. The zero-order valence-corrected chi connectivity index (χ0v) is 11.0. The van der Waals surface area contributed by atoms with E-state index in [1.165, 1.54) is 0 Å². The maximum atomic E-state index is 11.3. The number of nitrogens with one attached hydrogen (secondary N) is 1. The minimum Gasteiger partial charge on any atom is -0.355 e. The van der Waals surface area contributed by atoms with Gasteiger partial charge in [-0.25, -0.2) is 0 Å². The second kappa shape index (κ2) is 6.17. The van der Waals surface area contributed by atoms with Gasteiger partial charge in [0.05, 0.1) is 10.7 Å². The van der Waals surface area contributed by atoms with Crippen molar-refractivity contribution in [1.82, 2.24) is 15.1 Å². The summed E-state index contributed by atoms with van der Waals surface area (Å²) in [5, 5.41) is 6.90. The Labute approximate surface area is 103 Å². The molecule has 0 atom stereocenters. The van der Waals surface area contributed by atoms with Gasteiger partial charge in [-0.2, -0.15) is 17.7 Å². The Morgan fingerprint density at radius 1 is 1.73 bits per heavy atom. The average molecular weight is 292 g/mol. The monoisotopic (exact) mass is 291 g/mol. The fraction of sp³-hybridized carbons (Fsp3) is 0.556. The van der Waals surface area contributed by atoms with E-state index in [2.05, 4.69) is 39.0 Å². The maximum Gasteiger partial charge on any atom is 0.221 e. The molecular weight excluding hydrogens is 278 g/mol. The van der Waals surface area contributed by atoms with Crippen LogP contribution in [0.25, 0.3) is 0 Å². The first-order chi connectivity index (χ1) is 7.15. The van der Waals surface area contributed by atoms with Gasteiger partial charge in [0.25, 0.3) is 0 Å². The van der Waals surface area contributed by atoms with Crippen molar-refractivity contribution in [3.05, 3.63) is 16.4 Å². The molecule has 1 rings (SSSR count). The van der Waals surface area contributed by atoms with Gasteiger partial charge in [-0.1, -0.05) is 0 Å². The number of nitrogens with zero attached hydrogens (tertiary/aromatic N) is 2. The van der Waals surface area contributed by atoms with Crippen LogP contribution >= 0.6 is 28.6 Å². The fourth-order valence-corrected chi connectivity index (χ4v) is 1.55. The predicted molar refractivity (Wildman–Crippen MR) is 66.1 cm³/mol. The summed E-state index contributed by atoms with van der Waals surface area (Å²) in [6.07, 6.45) is 2.18. The molecule has 6 heteroatoms. The van der Waals surface area contributed by atoms with Crippen LogP contribution in [0.3, 0.4) is 0 Å². The lowest BCUT2D eigenvalue weighted by molar-refractivity contribution is -0.121. The van der Waals surface area contributed by atoms with E-state index in [4.69, 9.17) is 0 Å². The molecule has 1 amide bonds. The van der Waals surface area contributed by atoms with Crippen molar-refractivity contribution in [3.63, 3.8) is 0 Å². The number of amides is 1. The van der Waals surface area contributed by atoms with Gasteiger partial charge in [0.1, 0.15) is 0 Å². The van der Waals surface area contributed by atoms with Gasteiger partial charge in [-0.05, 0) is 22.9 Å². The standard InChI is InChI=1S/C9H14BrN3OS/c1-7-8(10)6-12-13(7)4-2-9(14)11-3-5-15/h6,15H,2-5H2,1H3,(H,11,14). The Morgan fingerprint density at radius 3 is 3.00 bits per heavy atom. The van der Waals surface area contributed by atoms with Gasteiger partial charge in [-0.15, -0.1) is 0 Å². The molecule has 4 nitrogen and oxygen atoms in total. The quantitative estimate of drug-likeness (QED) is 0.806. The third kappa shape index (κ3) is 3.87. The summed E-state index contributed by atoms with van der Waals surface area (Å²) >= 11 is 7.39. The van der Waals surface area contributed by atoms with E-state index in [9.17, 15) is 4.79 Å². The molecule has 0 unspecified atom stereocenters. The van der Waals surface area contributed by atoms with Crippen LogP contribution in [0.1, 0.15) is 12.1 Å². The molecule has 0 aliphatic heterocycles. The van der Waals surface area contributed by atoms with Crippen LogP contribution in [0.2, 0.25) is 0 Å². The first-order valence-electron chi connectivity index (χ1n) is 4.70. The zero-order chi connectivity index (χ0) is 11.3. The molecule has 1 aromatic heterocycles. The van der Waals surface area contributed by atoms with Gasteiger partial charge in [0, 0.05) is 31.0 Å². The van der Waals surface area contributed by atoms with E-state index >= 15 is 0 Å². The molecule has 0 aliphatic rings. The van der Waals surface area contributed by atoms with Gasteiger partial charge < -0.3 is 5.32 Å². The molecule has 1 N–H and O–H groups in total. The van der Waals surface area contributed by atoms with E-state index in [-0.39, 0.29) is 5.91 Å². The first-order valence-corrected chi connectivity index (χ1v) is 6.13. The SMILES string of the molecule is Cc1c(Br)cnn1CCC(=O)NCCS. The molecule has 0 bridgehead atoms. The summed E-state index contributed by atoms with van der Waals surface area (Å²) in [6.45, 7) is 3.18. The highest BCUT2D eigenvalue weighted by molar-refractivity contribution is 9.10. The molecule has 0 aliphatic carbocycles. The van der Waals surface area contributed by atoms with Crippen molar-refractivity contribution in [2.75, 3.05) is 12.3 Å². The molecule has 15 heavy (non-hydrogen) atoms. The predicted octanol–water partition coefficient (Wildman–Crippen LogP) is 1.39. The van der Waals surface area contributed by atoms with E-state index in [0.717, 1.165) is 10.2 Å². The summed E-state index contributed by atoms with van der Waals surface area (Å²) in [7, 11) is 0. The summed E-state index contributed by atoms with van der Waals surface area (Å²) < 4.78 is 2.78. The molecule has 0 saturated heterocycles. The van der Waals surface area contributed by atoms with Crippen LogP contribution in [0.4, 0.5) is 0 Å². The minimum absolute atomic E-state index is 0.0371. The van der Waals surface area contributed by atoms with Gasteiger partial charge in [0.2, 0.25) is 5.91 Å². The summed E-state index contributed by atoms with van der Waals surface area (Å²) in [5.74, 6) is 0.702.